The molecule has 10 nitrogen and oxygen atoms in total. The topological polar surface area (TPSA) is 161 Å². The standard InChI is InChI=1S/C34H35N3O7S2/c1-33(2)27-22-25(46(35,43)44)18-19-29(27)37(24-12-6-4-7-13-24)30(33)16-8-5-9-17-31-34(3,20-21-45(40,41)42)26-14-10-11-15-28(26)36(31)23-32(38)39/h4-19,22H,20-21,23H2,1-3H3,(H3-,35,38,39,40,41,42,43,44). The van der Waals surface area contributed by atoms with E-state index in [1.54, 1.807) is 53.5 Å². The highest BCUT2D eigenvalue weighted by Crippen LogP contribution is 2.50. The Morgan fingerprint density at radius 2 is 1.61 bits per heavy atom. The van der Waals surface area contributed by atoms with Gasteiger partial charge in [-0.1, -0.05) is 54.6 Å². The van der Waals surface area contributed by atoms with Gasteiger partial charge in [-0.15, -0.1) is 0 Å². The predicted molar refractivity (Wildman–Crippen MR) is 178 cm³/mol. The van der Waals surface area contributed by atoms with Crippen molar-refractivity contribution in [2.24, 2.45) is 5.14 Å². The monoisotopic (exact) mass is 661 g/mol. The highest BCUT2D eigenvalue weighted by molar-refractivity contribution is 7.89. The molecule has 5 rings (SSSR count). The molecule has 0 amide bonds. The van der Waals surface area contributed by atoms with Gasteiger partial charge in [-0.3, -0.25) is 4.79 Å². The Balaban J connectivity index is 1.56. The Hall–Kier alpha value is -4.36. The van der Waals surface area contributed by atoms with Crippen molar-refractivity contribution in [3.63, 3.8) is 0 Å². The molecule has 0 saturated heterocycles. The molecule has 0 spiro atoms. The summed E-state index contributed by atoms with van der Waals surface area (Å²) in [4.78, 5) is 13.5. The van der Waals surface area contributed by atoms with Crippen LogP contribution in [-0.2, 0) is 35.8 Å². The van der Waals surface area contributed by atoms with Crippen molar-refractivity contribution in [1.29, 1.82) is 0 Å². The fourth-order valence-corrected chi connectivity index (χ4v) is 7.54. The molecule has 2 aliphatic rings. The quantitative estimate of drug-likeness (QED) is 0.180. The Kier molecular flexibility index (Phi) is 8.69. The van der Waals surface area contributed by atoms with E-state index in [1.165, 1.54) is 6.07 Å². The number of primary sulfonamides is 1. The summed E-state index contributed by atoms with van der Waals surface area (Å²) in [5.74, 6) is -1.66. The van der Waals surface area contributed by atoms with Crippen LogP contribution in [0.4, 0.5) is 17.1 Å². The number of anilines is 1. The smallest absolute Gasteiger partial charge is 0.323 e. The van der Waals surface area contributed by atoms with E-state index in [-0.39, 0.29) is 17.9 Å². The summed E-state index contributed by atoms with van der Waals surface area (Å²) < 4.78 is 61.2. The molecule has 0 aliphatic carbocycles. The number of rotatable bonds is 10. The molecule has 2 heterocycles. The van der Waals surface area contributed by atoms with Crippen LogP contribution in [0.2, 0.25) is 0 Å². The van der Waals surface area contributed by atoms with Crippen molar-refractivity contribution in [2.75, 3.05) is 17.2 Å². The zero-order valence-electron chi connectivity index (χ0n) is 25.6. The van der Waals surface area contributed by atoms with Crippen molar-refractivity contribution in [2.45, 2.75) is 42.9 Å². The van der Waals surface area contributed by atoms with E-state index in [9.17, 15) is 31.3 Å². The number of carboxylic acids is 1. The molecule has 46 heavy (non-hydrogen) atoms. The molecule has 1 unspecified atom stereocenters. The molecule has 2 aliphatic heterocycles. The van der Waals surface area contributed by atoms with E-state index in [4.69, 9.17) is 5.14 Å². The van der Waals surface area contributed by atoms with E-state index in [0.717, 1.165) is 28.2 Å². The first kappa shape index (κ1) is 33.0. The Morgan fingerprint density at radius 1 is 0.935 bits per heavy atom. The van der Waals surface area contributed by atoms with Crippen LogP contribution in [0.3, 0.4) is 0 Å². The lowest BCUT2D eigenvalue weighted by molar-refractivity contribution is -0.135. The average Bonchev–Trinajstić information content (AvgIpc) is 3.35. The van der Waals surface area contributed by atoms with Gasteiger partial charge in [0.2, 0.25) is 21.4 Å². The van der Waals surface area contributed by atoms with Gasteiger partial charge in [0.05, 0.1) is 20.4 Å². The number of nitrogens with zero attached hydrogens (tertiary/aromatic N) is 2. The van der Waals surface area contributed by atoms with Crippen LogP contribution < -0.4 is 14.6 Å². The Morgan fingerprint density at radius 3 is 2.26 bits per heavy atom. The molecule has 3 aromatic rings. The Labute approximate surface area is 269 Å². The lowest BCUT2D eigenvalue weighted by Crippen LogP contribution is -2.33. The molecule has 1 atom stereocenters. The summed E-state index contributed by atoms with van der Waals surface area (Å²) in [6.45, 7) is 5.48. The van der Waals surface area contributed by atoms with Crippen molar-refractivity contribution in [3.05, 3.63) is 120 Å². The SMILES string of the molecule is CC1(C)C(/C=C/C=C/C=C2/N(CC(=O)O)c3ccccc3C2(C)CCS(=O)(=O)[O-])=[N+](c2ccccc2)c2ccc(S(N)(=O)=O)cc21. The van der Waals surface area contributed by atoms with Gasteiger partial charge in [-0.25, -0.2) is 22.0 Å². The van der Waals surface area contributed by atoms with Crippen LogP contribution in [0.25, 0.3) is 0 Å². The van der Waals surface area contributed by atoms with Crippen LogP contribution in [0.1, 0.15) is 38.3 Å². The van der Waals surface area contributed by atoms with Crippen LogP contribution >= 0.6 is 0 Å². The fraction of sp³-hybridized carbons (Fsp3) is 0.235. The highest BCUT2D eigenvalue weighted by Gasteiger charge is 2.46. The fourth-order valence-electron chi connectivity index (χ4n) is 6.34. The predicted octanol–water partition coefficient (Wildman–Crippen LogP) is 4.70. The summed E-state index contributed by atoms with van der Waals surface area (Å²) >= 11 is 0. The van der Waals surface area contributed by atoms with Gasteiger partial charge in [0.15, 0.2) is 5.71 Å². The minimum atomic E-state index is -4.52. The van der Waals surface area contributed by atoms with Gasteiger partial charge in [-0.2, -0.15) is 4.58 Å². The first-order chi connectivity index (χ1) is 21.5. The Bertz CT molecular complexity index is 2050. The number of carboxylic acid groups (broad SMARTS) is 1. The molecule has 0 saturated carbocycles. The number of fused-ring (bicyclic) bond motifs is 2. The number of aliphatic carboxylic acids is 1. The van der Waals surface area contributed by atoms with Crippen LogP contribution in [0.15, 0.2) is 114 Å². The van der Waals surface area contributed by atoms with Crippen molar-refractivity contribution in [3.8, 4) is 0 Å². The number of hydrogen-bond donors (Lipinski definition) is 2. The zero-order valence-corrected chi connectivity index (χ0v) is 27.3. The summed E-state index contributed by atoms with van der Waals surface area (Å²) in [6.07, 6.45) is 9.03. The maximum atomic E-state index is 12.2. The lowest BCUT2D eigenvalue weighted by Gasteiger charge is -2.30. The number of para-hydroxylation sites is 2. The number of hydrogen-bond acceptors (Lipinski definition) is 7. The van der Waals surface area contributed by atoms with E-state index < -0.39 is 42.7 Å². The van der Waals surface area contributed by atoms with E-state index in [0.29, 0.717) is 11.4 Å². The molecule has 3 N–H and O–H groups in total. The van der Waals surface area contributed by atoms with Crippen molar-refractivity contribution < 1.29 is 31.3 Å². The number of sulfonamides is 1. The van der Waals surface area contributed by atoms with E-state index in [1.807, 2.05) is 69.3 Å². The minimum Gasteiger partial charge on any atom is -0.748 e. The molecule has 12 heteroatoms. The first-order valence-corrected chi connectivity index (χ1v) is 17.6. The van der Waals surface area contributed by atoms with Gasteiger partial charge in [-0.05, 0) is 57.0 Å². The summed E-state index contributed by atoms with van der Waals surface area (Å²) in [5.41, 5.74) is 3.81. The van der Waals surface area contributed by atoms with Gasteiger partial charge in [0.25, 0.3) is 0 Å². The van der Waals surface area contributed by atoms with Crippen LogP contribution in [0, 0.1) is 0 Å². The maximum absolute atomic E-state index is 12.2. The second kappa shape index (κ2) is 12.1. The van der Waals surface area contributed by atoms with Crippen molar-refractivity contribution >= 4 is 48.9 Å². The molecular weight excluding hydrogens is 627 g/mol. The highest BCUT2D eigenvalue weighted by atomic mass is 32.2. The number of benzene rings is 3. The van der Waals surface area contributed by atoms with Gasteiger partial charge in [0.1, 0.15) is 6.54 Å². The molecule has 3 aromatic carbocycles. The molecule has 0 aromatic heterocycles. The van der Waals surface area contributed by atoms with Crippen LogP contribution in [0.5, 0.6) is 0 Å². The summed E-state index contributed by atoms with van der Waals surface area (Å²) in [5, 5.41) is 15.1. The maximum Gasteiger partial charge on any atom is 0.323 e. The number of nitrogens with two attached hydrogens (primary N) is 1. The first-order valence-electron chi connectivity index (χ1n) is 14.5. The molecule has 240 valence electrons. The second-order valence-corrected chi connectivity index (χ2v) is 15.1. The second-order valence-electron chi connectivity index (χ2n) is 12.0. The molecular formula is C34H35N3O7S2. The normalized spacial score (nSPS) is 20.2. The largest absolute Gasteiger partial charge is 0.748 e. The zero-order chi connectivity index (χ0) is 33.5. The molecule has 0 radical (unpaired) electrons. The summed E-state index contributed by atoms with van der Waals surface area (Å²) in [7, 11) is -8.43. The molecule has 0 fully saturated rings. The third kappa shape index (κ3) is 6.34. The third-order valence-electron chi connectivity index (χ3n) is 8.63. The number of allylic oxidation sites excluding steroid dienone is 6. The third-order valence-corrected chi connectivity index (χ3v) is 10.2. The van der Waals surface area contributed by atoms with Crippen LogP contribution in [-0.4, -0.2) is 50.5 Å². The average molecular weight is 662 g/mol. The van der Waals surface area contributed by atoms with Gasteiger partial charge in [0, 0.05) is 52.4 Å². The number of carbonyl (C=O) groups is 1. The van der Waals surface area contributed by atoms with Gasteiger partial charge >= 0.3 is 5.97 Å². The van der Waals surface area contributed by atoms with E-state index in [2.05, 4.69) is 4.58 Å². The molecule has 0 bridgehead atoms. The lowest BCUT2D eigenvalue weighted by atomic mass is 9.79. The summed E-state index contributed by atoms with van der Waals surface area (Å²) in [6, 6.07) is 21.7. The van der Waals surface area contributed by atoms with Gasteiger partial charge < -0.3 is 14.6 Å². The van der Waals surface area contributed by atoms with E-state index >= 15 is 0 Å². The minimum absolute atomic E-state index is 0.0155. The van der Waals surface area contributed by atoms with Crippen molar-refractivity contribution in [1.82, 2.24) is 4.58 Å².